The molecule has 2 amide bonds. The third kappa shape index (κ3) is 3.89. The van der Waals surface area contributed by atoms with Crippen molar-refractivity contribution in [2.24, 2.45) is 5.92 Å². The zero-order valence-corrected chi connectivity index (χ0v) is 15.2. The molecule has 1 saturated carbocycles. The van der Waals surface area contributed by atoms with E-state index in [1.807, 2.05) is 24.3 Å². The fourth-order valence-electron chi connectivity index (χ4n) is 3.11. The van der Waals surface area contributed by atoms with Crippen LogP contribution in [0.1, 0.15) is 23.3 Å². The van der Waals surface area contributed by atoms with E-state index < -0.39 is 0 Å². The largest absolute Gasteiger partial charge is 0.497 e. The molecule has 1 aliphatic heterocycles. The van der Waals surface area contributed by atoms with Gasteiger partial charge in [0.05, 0.1) is 7.11 Å². The Morgan fingerprint density at radius 2 is 1.85 bits per heavy atom. The average Bonchev–Trinajstić information content (AvgIpc) is 3.47. The molecule has 0 atom stereocenters. The number of rotatable bonds is 5. The Bertz CT molecular complexity index is 820. The molecule has 2 aromatic rings. The molecule has 2 heterocycles. The second-order valence-corrected chi connectivity index (χ2v) is 6.78. The number of carbonyl (C=O) groups is 2. The third-order valence-electron chi connectivity index (χ3n) is 4.91. The lowest BCUT2D eigenvalue weighted by molar-refractivity contribution is -0.117. The molecule has 142 valence electrons. The van der Waals surface area contributed by atoms with Gasteiger partial charge >= 0.3 is 6.01 Å². The number of piperazine rings is 1. The maximum atomic E-state index is 12.6. The van der Waals surface area contributed by atoms with Crippen LogP contribution >= 0.6 is 0 Å². The summed E-state index contributed by atoms with van der Waals surface area (Å²) >= 11 is 0. The molecule has 8 nitrogen and oxygen atoms in total. The molecule has 1 aliphatic carbocycles. The molecule has 1 saturated heterocycles. The van der Waals surface area contributed by atoms with Crippen LogP contribution in [0.3, 0.4) is 0 Å². The third-order valence-corrected chi connectivity index (χ3v) is 4.91. The minimum atomic E-state index is -0.181. The van der Waals surface area contributed by atoms with E-state index in [0.29, 0.717) is 13.1 Å². The van der Waals surface area contributed by atoms with E-state index >= 15 is 0 Å². The van der Waals surface area contributed by atoms with E-state index in [-0.39, 0.29) is 29.4 Å². The normalized spacial score (nSPS) is 16.9. The Balaban J connectivity index is 1.32. The van der Waals surface area contributed by atoms with Gasteiger partial charge in [-0.25, -0.2) is 0 Å². The Labute approximate surface area is 157 Å². The fourth-order valence-corrected chi connectivity index (χ4v) is 3.11. The summed E-state index contributed by atoms with van der Waals surface area (Å²) in [7, 11) is 1.64. The number of methoxy groups -OCH3 is 1. The molecule has 0 unspecified atom stereocenters. The van der Waals surface area contributed by atoms with Crippen LogP contribution in [0.15, 0.2) is 34.9 Å². The van der Waals surface area contributed by atoms with Gasteiger partial charge in [0.2, 0.25) is 5.91 Å². The predicted molar refractivity (Wildman–Crippen MR) is 99.0 cm³/mol. The van der Waals surface area contributed by atoms with Crippen LogP contribution in [-0.2, 0) is 4.79 Å². The standard InChI is InChI=1S/C19H22N4O4/c1-26-15-6-4-14(5-7-15)22-8-10-23(11-9-22)18(25)16-12-27-19(20-16)21-17(24)13-2-3-13/h4-7,12-13H,2-3,8-11H2,1H3,(H,20,21,24). The molecular formula is C19H22N4O4. The highest BCUT2D eigenvalue weighted by molar-refractivity contribution is 5.95. The zero-order chi connectivity index (χ0) is 18.8. The van der Waals surface area contributed by atoms with Gasteiger partial charge in [0.15, 0.2) is 5.69 Å². The van der Waals surface area contributed by atoms with Crippen LogP contribution in [0.5, 0.6) is 5.75 Å². The zero-order valence-electron chi connectivity index (χ0n) is 15.2. The van der Waals surface area contributed by atoms with Gasteiger partial charge in [0.25, 0.3) is 5.91 Å². The number of ether oxygens (including phenoxy) is 1. The van der Waals surface area contributed by atoms with Crippen LogP contribution in [0, 0.1) is 5.92 Å². The molecule has 27 heavy (non-hydrogen) atoms. The molecule has 0 radical (unpaired) electrons. The Hall–Kier alpha value is -3.03. The van der Waals surface area contributed by atoms with Gasteiger partial charge in [0.1, 0.15) is 12.0 Å². The minimum absolute atomic E-state index is 0.0575. The monoisotopic (exact) mass is 370 g/mol. The summed E-state index contributed by atoms with van der Waals surface area (Å²) in [4.78, 5) is 32.5. The van der Waals surface area contributed by atoms with Crippen molar-refractivity contribution in [1.82, 2.24) is 9.88 Å². The van der Waals surface area contributed by atoms with Gasteiger partial charge in [-0.3, -0.25) is 14.9 Å². The lowest BCUT2D eigenvalue weighted by Gasteiger charge is -2.35. The van der Waals surface area contributed by atoms with Crippen LogP contribution in [0.2, 0.25) is 0 Å². The molecule has 1 aromatic carbocycles. The van der Waals surface area contributed by atoms with Crippen molar-refractivity contribution < 1.29 is 18.7 Å². The summed E-state index contributed by atoms with van der Waals surface area (Å²) in [5.74, 6) is 0.606. The maximum absolute atomic E-state index is 12.6. The highest BCUT2D eigenvalue weighted by Gasteiger charge is 2.31. The van der Waals surface area contributed by atoms with Gasteiger partial charge < -0.3 is 19.0 Å². The summed E-state index contributed by atoms with van der Waals surface area (Å²) in [6, 6.07) is 7.98. The summed E-state index contributed by atoms with van der Waals surface area (Å²) < 4.78 is 10.4. The van der Waals surface area contributed by atoms with E-state index in [1.54, 1.807) is 12.0 Å². The first-order valence-corrected chi connectivity index (χ1v) is 9.08. The van der Waals surface area contributed by atoms with Crippen molar-refractivity contribution in [3.63, 3.8) is 0 Å². The van der Waals surface area contributed by atoms with E-state index in [9.17, 15) is 9.59 Å². The van der Waals surface area contributed by atoms with Crippen LogP contribution < -0.4 is 15.0 Å². The number of anilines is 2. The Morgan fingerprint density at radius 1 is 1.15 bits per heavy atom. The molecule has 0 bridgehead atoms. The van der Waals surface area contributed by atoms with E-state index in [2.05, 4.69) is 15.2 Å². The number of nitrogens with zero attached hydrogens (tertiary/aromatic N) is 3. The molecule has 4 rings (SSSR count). The summed E-state index contributed by atoms with van der Waals surface area (Å²) in [6.07, 6.45) is 3.11. The molecule has 8 heteroatoms. The van der Waals surface area contributed by atoms with Gasteiger partial charge in [-0.15, -0.1) is 0 Å². The van der Waals surface area contributed by atoms with Crippen LogP contribution in [0.25, 0.3) is 0 Å². The first-order valence-electron chi connectivity index (χ1n) is 9.08. The number of oxazole rings is 1. The highest BCUT2D eigenvalue weighted by atomic mass is 16.5. The van der Waals surface area contributed by atoms with Crippen molar-refractivity contribution in [2.75, 3.05) is 43.5 Å². The van der Waals surface area contributed by atoms with Gasteiger partial charge in [-0.2, -0.15) is 4.98 Å². The lowest BCUT2D eigenvalue weighted by Crippen LogP contribution is -2.48. The van der Waals surface area contributed by atoms with E-state index in [1.165, 1.54) is 6.26 Å². The molecule has 2 fully saturated rings. The number of hydrogen-bond donors (Lipinski definition) is 1. The van der Waals surface area contributed by atoms with Crippen molar-refractivity contribution in [3.8, 4) is 5.75 Å². The van der Waals surface area contributed by atoms with Crippen LogP contribution in [-0.4, -0.2) is 55.0 Å². The number of aromatic nitrogens is 1. The summed E-state index contributed by atoms with van der Waals surface area (Å²) in [5, 5.41) is 2.61. The quantitative estimate of drug-likeness (QED) is 0.866. The average molecular weight is 370 g/mol. The Morgan fingerprint density at radius 3 is 2.48 bits per heavy atom. The van der Waals surface area contributed by atoms with E-state index in [4.69, 9.17) is 9.15 Å². The second kappa shape index (κ2) is 7.30. The maximum Gasteiger partial charge on any atom is 0.302 e. The van der Waals surface area contributed by atoms with Crippen LogP contribution in [0.4, 0.5) is 11.7 Å². The highest BCUT2D eigenvalue weighted by Crippen LogP contribution is 2.30. The van der Waals surface area contributed by atoms with Crippen molar-refractivity contribution in [3.05, 3.63) is 36.2 Å². The summed E-state index contributed by atoms with van der Waals surface area (Å²) in [6.45, 7) is 2.67. The predicted octanol–water partition coefficient (Wildman–Crippen LogP) is 1.99. The van der Waals surface area contributed by atoms with Crippen molar-refractivity contribution >= 4 is 23.5 Å². The Kier molecular flexibility index (Phi) is 4.70. The first kappa shape index (κ1) is 17.4. The fraction of sp³-hybridized carbons (Fsp3) is 0.421. The molecule has 1 aromatic heterocycles. The minimum Gasteiger partial charge on any atom is -0.497 e. The van der Waals surface area contributed by atoms with Crippen molar-refractivity contribution in [2.45, 2.75) is 12.8 Å². The number of benzene rings is 1. The summed E-state index contributed by atoms with van der Waals surface area (Å²) in [5.41, 5.74) is 1.33. The SMILES string of the molecule is COc1ccc(N2CCN(C(=O)c3coc(NC(=O)C4CC4)n3)CC2)cc1. The molecule has 2 aliphatic rings. The van der Waals surface area contributed by atoms with Gasteiger partial charge in [-0.1, -0.05) is 0 Å². The number of amides is 2. The second-order valence-electron chi connectivity index (χ2n) is 6.78. The molecule has 0 spiro atoms. The first-order chi connectivity index (χ1) is 13.1. The number of carbonyl (C=O) groups excluding carboxylic acids is 2. The van der Waals surface area contributed by atoms with Gasteiger partial charge in [0, 0.05) is 37.8 Å². The molecule has 1 N–H and O–H groups in total. The smallest absolute Gasteiger partial charge is 0.302 e. The van der Waals surface area contributed by atoms with Crippen molar-refractivity contribution in [1.29, 1.82) is 0 Å². The van der Waals surface area contributed by atoms with Gasteiger partial charge in [-0.05, 0) is 37.1 Å². The lowest BCUT2D eigenvalue weighted by atomic mass is 10.2. The molecular weight excluding hydrogens is 348 g/mol. The number of hydrogen-bond acceptors (Lipinski definition) is 6. The van der Waals surface area contributed by atoms with E-state index in [0.717, 1.165) is 37.4 Å². The number of nitrogens with one attached hydrogen (secondary N) is 1. The topological polar surface area (TPSA) is 87.9 Å².